The van der Waals surface area contributed by atoms with Gasteiger partial charge in [0, 0.05) is 25.8 Å². The Morgan fingerprint density at radius 3 is 3.11 bits per heavy atom. The van der Waals surface area contributed by atoms with Crippen LogP contribution in [0.5, 0.6) is 0 Å². The molecule has 0 amide bonds. The fraction of sp³-hybridized carbons (Fsp3) is 0.500. The van der Waals surface area contributed by atoms with Crippen LogP contribution < -0.4 is 5.73 Å². The van der Waals surface area contributed by atoms with Crippen LogP contribution in [0, 0.1) is 0 Å². The van der Waals surface area contributed by atoms with Crippen molar-refractivity contribution in [2.75, 3.05) is 19.6 Å². The van der Waals surface area contributed by atoms with E-state index in [1.807, 2.05) is 12.4 Å². The van der Waals surface area contributed by atoms with E-state index in [1.54, 1.807) is 6.20 Å². The third-order valence-corrected chi connectivity index (χ3v) is 1.18. The maximum absolute atomic E-state index is 5.33. The zero-order valence-electron chi connectivity index (χ0n) is 5.33. The lowest BCUT2D eigenvalue weighted by Crippen LogP contribution is -2.29. The average Bonchev–Trinajstić information content (AvgIpc) is 1.91. The summed E-state index contributed by atoms with van der Waals surface area (Å²) in [6, 6.07) is 0. The van der Waals surface area contributed by atoms with Gasteiger partial charge in [0.1, 0.15) is 0 Å². The second-order valence-corrected chi connectivity index (χ2v) is 1.93. The maximum atomic E-state index is 5.33. The molecule has 0 aromatic heterocycles. The van der Waals surface area contributed by atoms with Gasteiger partial charge in [-0.15, -0.1) is 0 Å². The van der Waals surface area contributed by atoms with Crippen molar-refractivity contribution in [2.45, 2.75) is 0 Å². The van der Waals surface area contributed by atoms with E-state index in [0.29, 0.717) is 6.54 Å². The first kappa shape index (κ1) is 6.29. The van der Waals surface area contributed by atoms with Crippen LogP contribution in [0.15, 0.2) is 17.3 Å². The molecule has 1 aliphatic heterocycles. The number of hydrogen-bond donors (Lipinski definition) is 1. The molecule has 0 radical (unpaired) electrons. The number of nitrogens with two attached hydrogens (primary N) is 1. The first-order valence-electron chi connectivity index (χ1n) is 3.06. The van der Waals surface area contributed by atoms with Crippen LogP contribution >= 0.6 is 0 Å². The monoisotopic (exact) mass is 125 g/mol. The zero-order chi connectivity index (χ0) is 6.53. The van der Waals surface area contributed by atoms with Gasteiger partial charge in [0.15, 0.2) is 0 Å². The van der Waals surface area contributed by atoms with Crippen LogP contribution in [0.25, 0.3) is 0 Å². The fourth-order valence-electron chi connectivity index (χ4n) is 0.738. The van der Waals surface area contributed by atoms with Crippen LogP contribution in [0.1, 0.15) is 0 Å². The van der Waals surface area contributed by atoms with Crippen molar-refractivity contribution >= 4 is 6.34 Å². The molecule has 1 aliphatic rings. The molecule has 2 N–H and O–H groups in total. The molecule has 3 heteroatoms. The molecule has 1 rings (SSSR count). The van der Waals surface area contributed by atoms with Crippen LogP contribution in [-0.4, -0.2) is 30.9 Å². The van der Waals surface area contributed by atoms with Gasteiger partial charge in [-0.2, -0.15) is 0 Å². The van der Waals surface area contributed by atoms with E-state index in [9.17, 15) is 0 Å². The summed E-state index contributed by atoms with van der Waals surface area (Å²) in [4.78, 5) is 6.01. The lowest BCUT2D eigenvalue weighted by molar-refractivity contribution is 0.481. The van der Waals surface area contributed by atoms with Crippen molar-refractivity contribution < 1.29 is 0 Å². The topological polar surface area (TPSA) is 41.6 Å². The van der Waals surface area contributed by atoms with E-state index in [1.165, 1.54) is 0 Å². The number of nitrogens with zero attached hydrogens (tertiary/aromatic N) is 2. The van der Waals surface area contributed by atoms with E-state index in [0.717, 1.165) is 13.1 Å². The van der Waals surface area contributed by atoms with E-state index >= 15 is 0 Å². The van der Waals surface area contributed by atoms with Gasteiger partial charge in [0.25, 0.3) is 0 Å². The molecule has 0 fully saturated rings. The van der Waals surface area contributed by atoms with Crippen LogP contribution in [-0.2, 0) is 0 Å². The largest absolute Gasteiger partial charge is 0.358 e. The predicted molar refractivity (Wildman–Crippen MR) is 38.3 cm³/mol. The summed E-state index contributed by atoms with van der Waals surface area (Å²) >= 11 is 0. The van der Waals surface area contributed by atoms with Crippen LogP contribution in [0.4, 0.5) is 0 Å². The van der Waals surface area contributed by atoms with Gasteiger partial charge >= 0.3 is 0 Å². The van der Waals surface area contributed by atoms with Crippen LogP contribution in [0.2, 0.25) is 0 Å². The summed E-state index contributed by atoms with van der Waals surface area (Å²) in [7, 11) is 0. The second kappa shape index (κ2) is 3.25. The highest BCUT2D eigenvalue weighted by molar-refractivity contribution is 5.57. The molecule has 0 atom stereocenters. The Balaban J connectivity index is 2.28. The highest BCUT2D eigenvalue weighted by Gasteiger charge is 1.96. The minimum absolute atomic E-state index is 0.694. The van der Waals surface area contributed by atoms with Gasteiger partial charge < -0.3 is 10.6 Å². The molecule has 0 spiro atoms. The van der Waals surface area contributed by atoms with Crippen molar-refractivity contribution in [3.05, 3.63) is 12.3 Å². The molecule has 0 saturated carbocycles. The van der Waals surface area contributed by atoms with Gasteiger partial charge in [-0.3, -0.25) is 0 Å². The molecule has 0 aliphatic carbocycles. The summed E-state index contributed by atoms with van der Waals surface area (Å²) in [5, 5.41) is 0. The zero-order valence-corrected chi connectivity index (χ0v) is 5.33. The van der Waals surface area contributed by atoms with Gasteiger partial charge in [-0.05, 0) is 6.08 Å². The summed E-state index contributed by atoms with van der Waals surface area (Å²) in [6.07, 6.45) is 5.62. The first-order chi connectivity index (χ1) is 4.43. The highest BCUT2D eigenvalue weighted by atomic mass is 15.2. The molecule has 9 heavy (non-hydrogen) atoms. The molecular weight excluding hydrogens is 114 g/mol. The minimum atomic E-state index is 0.694. The van der Waals surface area contributed by atoms with Crippen molar-refractivity contribution in [1.82, 2.24) is 4.90 Å². The summed E-state index contributed by atoms with van der Waals surface area (Å²) in [6.45, 7) is 2.54. The molecule has 0 bridgehead atoms. The summed E-state index contributed by atoms with van der Waals surface area (Å²) in [5.74, 6) is 0. The quantitative estimate of drug-likeness (QED) is 0.555. The van der Waals surface area contributed by atoms with Crippen molar-refractivity contribution in [1.29, 1.82) is 0 Å². The number of hydrogen-bond acceptors (Lipinski definition) is 3. The molecule has 3 nitrogen and oxygen atoms in total. The van der Waals surface area contributed by atoms with E-state index in [2.05, 4.69) is 9.89 Å². The normalized spacial score (nSPS) is 16.8. The molecule has 0 aromatic rings. The lowest BCUT2D eigenvalue weighted by Gasteiger charge is -2.17. The lowest BCUT2D eigenvalue weighted by atomic mass is 10.4. The molecule has 0 saturated heterocycles. The Hall–Kier alpha value is -0.830. The highest BCUT2D eigenvalue weighted by Crippen LogP contribution is 1.90. The third-order valence-electron chi connectivity index (χ3n) is 1.18. The van der Waals surface area contributed by atoms with Gasteiger partial charge in [-0.1, -0.05) is 0 Å². The van der Waals surface area contributed by atoms with Gasteiger partial charge in [0.2, 0.25) is 0 Å². The molecule has 50 valence electrons. The Morgan fingerprint density at radius 1 is 1.67 bits per heavy atom. The molecule has 0 unspecified atom stereocenters. The Morgan fingerprint density at radius 2 is 2.56 bits per heavy atom. The van der Waals surface area contributed by atoms with Crippen molar-refractivity contribution in [3.8, 4) is 0 Å². The fourth-order valence-corrected chi connectivity index (χ4v) is 0.738. The Kier molecular flexibility index (Phi) is 2.27. The molecule has 0 aromatic carbocycles. The maximum Gasteiger partial charge on any atom is 0.0908 e. The number of rotatable bonds is 2. The van der Waals surface area contributed by atoms with Crippen molar-refractivity contribution in [3.63, 3.8) is 0 Å². The predicted octanol–water partition coefficient (Wildman–Crippen LogP) is -0.197. The summed E-state index contributed by atoms with van der Waals surface area (Å²) < 4.78 is 0. The van der Waals surface area contributed by atoms with E-state index in [4.69, 9.17) is 5.73 Å². The smallest absolute Gasteiger partial charge is 0.0908 e. The summed E-state index contributed by atoms with van der Waals surface area (Å²) in [5.41, 5.74) is 5.33. The molecule has 1 heterocycles. The molecular formula is C6H11N3. The number of aliphatic imine (C=N–C) groups is 1. The van der Waals surface area contributed by atoms with Crippen LogP contribution in [0.3, 0.4) is 0 Å². The van der Waals surface area contributed by atoms with Gasteiger partial charge in [-0.25, -0.2) is 4.99 Å². The average molecular weight is 125 g/mol. The van der Waals surface area contributed by atoms with E-state index < -0.39 is 0 Å². The van der Waals surface area contributed by atoms with Crippen molar-refractivity contribution in [2.24, 2.45) is 10.7 Å². The standard InChI is InChI=1S/C6H11N3/c7-2-5-9-4-1-3-8-6-9/h1,3,6H,2,4-5,7H2. The van der Waals surface area contributed by atoms with Gasteiger partial charge in [0.05, 0.1) is 6.34 Å². The first-order valence-corrected chi connectivity index (χ1v) is 3.06. The van der Waals surface area contributed by atoms with E-state index in [-0.39, 0.29) is 0 Å². The Labute approximate surface area is 54.9 Å². The second-order valence-electron chi connectivity index (χ2n) is 1.93. The third kappa shape index (κ3) is 1.85. The minimum Gasteiger partial charge on any atom is -0.358 e. The SMILES string of the molecule is NCCN1C=NC=CC1. The Bertz CT molecular complexity index is 128.